The summed E-state index contributed by atoms with van der Waals surface area (Å²) >= 11 is 0. The molecular formula is C12H15N3O2. The fourth-order valence-electron chi connectivity index (χ4n) is 1.36. The van der Waals surface area contributed by atoms with Crippen LogP contribution in [0.1, 0.15) is 17.5 Å². The van der Waals surface area contributed by atoms with Crippen molar-refractivity contribution < 1.29 is 4.92 Å². The van der Waals surface area contributed by atoms with Gasteiger partial charge in [0.2, 0.25) is 0 Å². The Morgan fingerprint density at radius 2 is 2.24 bits per heavy atom. The molecule has 0 amide bonds. The van der Waals surface area contributed by atoms with Gasteiger partial charge in [0.05, 0.1) is 4.92 Å². The molecule has 3 N–H and O–H groups in total. The Bertz CT molecular complexity index is 487. The highest BCUT2D eigenvalue weighted by atomic mass is 16.6. The zero-order valence-electron chi connectivity index (χ0n) is 9.91. The normalized spacial score (nSPS) is 9.53. The van der Waals surface area contributed by atoms with Gasteiger partial charge in [0.1, 0.15) is 5.69 Å². The van der Waals surface area contributed by atoms with Crippen LogP contribution in [0, 0.1) is 28.9 Å². The van der Waals surface area contributed by atoms with Crippen LogP contribution in [0.4, 0.5) is 11.4 Å². The maximum atomic E-state index is 10.8. The molecule has 1 aromatic carbocycles. The smallest absolute Gasteiger partial charge is 0.293 e. The van der Waals surface area contributed by atoms with Crippen LogP contribution in [-0.4, -0.2) is 18.5 Å². The zero-order chi connectivity index (χ0) is 12.8. The van der Waals surface area contributed by atoms with Gasteiger partial charge in [-0.3, -0.25) is 10.1 Å². The van der Waals surface area contributed by atoms with Gasteiger partial charge in [-0.05, 0) is 25.6 Å². The largest absolute Gasteiger partial charge is 0.393 e. The van der Waals surface area contributed by atoms with Crippen molar-refractivity contribution in [1.82, 2.24) is 5.32 Å². The molecule has 5 nitrogen and oxygen atoms in total. The maximum Gasteiger partial charge on any atom is 0.293 e. The number of nitrogens with zero attached hydrogens (tertiary/aromatic N) is 1. The van der Waals surface area contributed by atoms with Crippen molar-refractivity contribution in [1.29, 1.82) is 0 Å². The summed E-state index contributed by atoms with van der Waals surface area (Å²) in [6, 6.07) is 3.17. The summed E-state index contributed by atoms with van der Waals surface area (Å²) in [5.41, 5.74) is 7.06. The highest BCUT2D eigenvalue weighted by Gasteiger charge is 2.14. The van der Waals surface area contributed by atoms with Gasteiger partial charge in [0, 0.05) is 24.6 Å². The molecule has 0 saturated heterocycles. The quantitative estimate of drug-likeness (QED) is 0.272. The first-order valence-corrected chi connectivity index (χ1v) is 5.24. The van der Waals surface area contributed by atoms with Gasteiger partial charge in [-0.1, -0.05) is 11.8 Å². The Balaban J connectivity index is 3.01. The molecule has 90 valence electrons. The molecule has 0 heterocycles. The van der Waals surface area contributed by atoms with E-state index in [1.54, 1.807) is 13.0 Å². The molecule has 0 fully saturated rings. The van der Waals surface area contributed by atoms with E-state index in [1.807, 2.05) is 7.05 Å². The predicted octanol–water partition coefficient (Wildman–Crippen LogP) is 1.45. The SMILES string of the molecule is CNCCC#Cc1cc(C)c(N)c([N+](=O)[O-])c1. The summed E-state index contributed by atoms with van der Waals surface area (Å²) in [4.78, 5) is 10.3. The van der Waals surface area contributed by atoms with Gasteiger partial charge in [0.25, 0.3) is 5.69 Å². The first-order chi connectivity index (χ1) is 8.06. The van der Waals surface area contributed by atoms with Gasteiger partial charge >= 0.3 is 0 Å². The fraction of sp³-hybridized carbons (Fsp3) is 0.333. The van der Waals surface area contributed by atoms with E-state index in [2.05, 4.69) is 17.2 Å². The first kappa shape index (κ1) is 13.0. The Labute approximate surface area is 100 Å². The van der Waals surface area contributed by atoms with Gasteiger partial charge in [-0.25, -0.2) is 0 Å². The van der Waals surface area contributed by atoms with E-state index < -0.39 is 4.92 Å². The van der Waals surface area contributed by atoms with Gasteiger partial charge in [-0.2, -0.15) is 0 Å². The molecule has 1 aromatic rings. The van der Waals surface area contributed by atoms with Crippen LogP contribution in [0.25, 0.3) is 0 Å². The lowest BCUT2D eigenvalue weighted by atomic mass is 10.1. The summed E-state index contributed by atoms with van der Waals surface area (Å²) < 4.78 is 0. The number of hydrogen-bond donors (Lipinski definition) is 2. The predicted molar refractivity (Wildman–Crippen MR) is 67.7 cm³/mol. The maximum absolute atomic E-state index is 10.8. The third kappa shape index (κ3) is 3.47. The lowest BCUT2D eigenvalue weighted by molar-refractivity contribution is -0.383. The molecule has 0 spiro atoms. The molecular weight excluding hydrogens is 218 g/mol. The molecule has 0 bridgehead atoms. The number of hydrogen-bond acceptors (Lipinski definition) is 4. The number of anilines is 1. The second-order valence-electron chi connectivity index (χ2n) is 3.64. The minimum absolute atomic E-state index is 0.0806. The number of nitro benzene ring substituents is 1. The van der Waals surface area contributed by atoms with Crippen molar-refractivity contribution in [3.8, 4) is 11.8 Å². The molecule has 0 aromatic heterocycles. The number of benzene rings is 1. The first-order valence-electron chi connectivity index (χ1n) is 5.24. The lowest BCUT2D eigenvalue weighted by Crippen LogP contribution is -2.05. The minimum atomic E-state index is -0.485. The summed E-state index contributed by atoms with van der Waals surface area (Å²) in [6.45, 7) is 2.53. The zero-order valence-corrected chi connectivity index (χ0v) is 9.91. The topological polar surface area (TPSA) is 81.2 Å². The number of nitro groups is 1. The standard InChI is InChI=1S/C12H15N3O2/c1-9-7-10(5-3-4-6-14-2)8-11(12(9)13)15(16)17/h7-8,14H,4,6,13H2,1-2H3. The van der Waals surface area contributed by atoms with Crippen molar-refractivity contribution in [3.05, 3.63) is 33.4 Å². The van der Waals surface area contributed by atoms with Crippen LogP contribution in [0.15, 0.2) is 12.1 Å². The van der Waals surface area contributed by atoms with Crippen LogP contribution < -0.4 is 11.1 Å². The van der Waals surface area contributed by atoms with Gasteiger partial charge < -0.3 is 11.1 Å². The molecule has 0 saturated carbocycles. The van der Waals surface area contributed by atoms with Crippen molar-refractivity contribution in [2.45, 2.75) is 13.3 Å². The fourth-order valence-corrected chi connectivity index (χ4v) is 1.36. The number of nitrogens with two attached hydrogens (primary N) is 1. The van der Waals surface area contributed by atoms with E-state index in [9.17, 15) is 10.1 Å². The molecule has 0 atom stereocenters. The molecule has 1 rings (SSSR count). The second-order valence-corrected chi connectivity index (χ2v) is 3.64. The highest BCUT2D eigenvalue weighted by molar-refractivity contribution is 5.66. The van der Waals surface area contributed by atoms with E-state index in [4.69, 9.17) is 5.73 Å². The summed E-state index contributed by atoms with van der Waals surface area (Å²) in [5.74, 6) is 5.83. The monoisotopic (exact) mass is 233 g/mol. The Morgan fingerprint density at radius 1 is 1.53 bits per heavy atom. The average Bonchev–Trinajstić information content (AvgIpc) is 2.28. The third-order valence-corrected chi connectivity index (χ3v) is 2.29. The summed E-state index contributed by atoms with van der Waals surface area (Å²) in [5, 5.41) is 13.7. The summed E-state index contributed by atoms with van der Waals surface area (Å²) in [7, 11) is 1.85. The molecule has 17 heavy (non-hydrogen) atoms. The van der Waals surface area contributed by atoms with Crippen molar-refractivity contribution in [3.63, 3.8) is 0 Å². The van der Waals surface area contributed by atoms with Crippen LogP contribution >= 0.6 is 0 Å². The number of rotatable bonds is 3. The molecule has 0 aliphatic carbocycles. The van der Waals surface area contributed by atoms with Crippen molar-refractivity contribution in [2.75, 3.05) is 19.3 Å². The van der Waals surface area contributed by atoms with E-state index >= 15 is 0 Å². The number of aryl methyl sites for hydroxylation is 1. The number of nitrogen functional groups attached to an aromatic ring is 1. The van der Waals surface area contributed by atoms with Gasteiger partial charge in [0.15, 0.2) is 0 Å². The minimum Gasteiger partial charge on any atom is -0.393 e. The van der Waals surface area contributed by atoms with Gasteiger partial charge in [-0.15, -0.1) is 0 Å². The number of nitrogens with one attached hydrogen (secondary N) is 1. The van der Waals surface area contributed by atoms with Crippen LogP contribution in [-0.2, 0) is 0 Å². The molecule has 0 aliphatic heterocycles. The van der Waals surface area contributed by atoms with Crippen molar-refractivity contribution in [2.24, 2.45) is 0 Å². The molecule has 0 unspecified atom stereocenters. The Kier molecular flexibility index (Phi) is 4.49. The molecule has 0 aliphatic rings. The highest BCUT2D eigenvalue weighted by Crippen LogP contribution is 2.26. The van der Waals surface area contributed by atoms with E-state index in [0.29, 0.717) is 17.5 Å². The lowest BCUT2D eigenvalue weighted by Gasteiger charge is -2.02. The van der Waals surface area contributed by atoms with E-state index in [0.717, 1.165) is 6.54 Å². The van der Waals surface area contributed by atoms with Crippen LogP contribution in [0.5, 0.6) is 0 Å². The van der Waals surface area contributed by atoms with Crippen LogP contribution in [0.3, 0.4) is 0 Å². The Hall–Kier alpha value is -2.06. The Morgan fingerprint density at radius 3 is 2.82 bits per heavy atom. The second kappa shape index (κ2) is 5.87. The van der Waals surface area contributed by atoms with Crippen molar-refractivity contribution >= 4 is 11.4 Å². The molecule has 5 heteroatoms. The van der Waals surface area contributed by atoms with E-state index in [-0.39, 0.29) is 11.4 Å². The third-order valence-electron chi connectivity index (χ3n) is 2.29. The molecule has 0 radical (unpaired) electrons. The van der Waals surface area contributed by atoms with Crippen LogP contribution in [0.2, 0.25) is 0 Å². The summed E-state index contributed by atoms with van der Waals surface area (Å²) in [6.07, 6.45) is 0.702. The van der Waals surface area contributed by atoms with E-state index in [1.165, 1.54) is 6.07 Å². The average molecular weight is 233 g/mol.